The molecule has 0 bridgehead atoms. The van der Waals surface area contributed by atoms with Crippen LogP contribution in [-0.4, -0.2) is 25.0 Å². The Balaban J connectivity index is 1.47. The lowest BCUT2D eigenvalue weighted by Crippen LogP contribution is -2.38. The van der Waals surface area contributed by atoms with Crippen LogP contribution in [0.3, 0.4) is 0 Å². The molecule has 1 aliphatic heterocycles. The van der Waals surface area contributed by atoms with Crippen LogP contribution in [0, 0.1) is 13.8 Å². The predicted octanol–water partition coefficient (Wildman–Crippen LogP) is 4.25. The average molecular weight is 416 g/mol. The summed E-state index contributed by atoms with van der Waals surface area (Å²) in [5.74, 6) is 0.894. The standard InChI is InChI=1S/C25H24N2O4/c1-17-7-6-10-22(18(17)2)30-15-24(28)26-20-11-12-23-21(13-20)27(25(29)16-31-23)14-19-8-4-3-5-9-19/h3-13H,14-16H2,1-2H3,(H,26,28). The van der Waals surface area contributed by atoms with E-state index in [9.17, 15) is 9.59 Å². The fourth-order valence-electron chi connectivity index (χ4n) is 3.44. The van der Waals surface area contributed by atoms with Gasteiger partial charge in [-0.25, -0.2) is 0 Å². The Morgan fingerprint density at radius 2 is 1.87 bits per heavy atom. The molecule has 3 aromatic carbocycles. The topological polar surface area (TPSA) is 67.9 Å². The van der Waals surface area contributed by atoms with E-state index in [1.165, 1.54) is 0 Å². The minimum atomic E-state index is -0.279. The highest BCUT2D eigenvalue weighted by atomic mass is 16.5. The van der Waals surface area contributed by atoms with Gasteiger partial charge in [0.25, 0.3) is 11.8 Å². The van der Waals surface area contributed by atoms with Gasteiger partial charge in [-0.05, 0) is 54.8 Å². The fraction of sp³-hybridized carbons (Fsp3) is 0.200. The van der Waals surface area contributed by atoms with Crippen molar-refractivity contribution in [1.29, 1.82) is 0 Å². The summed E-state index contributed by atoms with van der Waals surface area (Å²) in [6, 6.07) is 20.8. The predicted molar refractivity (Wildman–Crippen MR) is 120 cm³/mol. The molecule has 4 rings (SSSR count). The summed E-state index contributed by atoms with van der Waals surface area (Å²) >= 11 is 0. The molecule has 0 unspecified atom stereocenters. The second-order valence-corrected chi connectivity index (χ2v) is 7.47. The maximum Gasteiger partial charge on any atom is 0.265 e. The molecule has 0 aromatic heterocycles. The Hall–Kier alpha value is -3.80. The normalized spacial score (nSPS) is 12.7. The van der Waals surface area contributed by atoms with E-state index in [4.69, 9.17) is 9.47 Å². The van der Waals surface area contributed by atoms with Crippen molar-refractivity contribution in [2.45, 2.75) is 20.4 Å². The number of nitrogens with zero attached hydrogens (tertiary/aromatic N) is 1. The van der Waals surface area contributed by atoms with Gasteiger partial charge in [-0.3, -0.25) is 9.59 Å². The number of aryl methyl sites for hydroxylation is 1. The summed E-state index contributed by atoms with van der Waals surface area (Å²) in [4.78, 5) is 26.6. The van der Waals surface area contributed by atoms with Crippen LogP contribution in [0.4, 0.5) is 11.4 Å². The molecule has 6 nitrogen and oxygen atoms in total. The first-order chi connectivity index (χ1) is 15.0. The van der Waals surface area contributed by atoms with Gasteiger partial charge in [-0.1, -0.05) is 42.5 Å². The number of fused-ring (bicyclic) bond motifs is 1. The van der Waals surface area contributed by atoms with E-state index in [0.717, 1.165) is 16.7 Å². The zero-order valence-corrected chi connectivity index (χ0v) is 17.6. The third-order valence-electron chi connectivity index (χ3n) is 5.28. The van der Waals surface area contributed by atoms with Gasteiger partial charge in [0.2, 0.25) is 0 Å². The highest BCUT2D eigenvalue weighted by Crippen LogP contribution is 2.35. The Bertz CT molecular complexity index is 1110. The molecule has 0 saturated heterocycles. The van der Waals surface area contributed by atoms with Gasteiger partial charge in [0.1, 0.15) is 11.5 Å². The summed E-state index contributed by atoms with van der Waals surface area (Å²) in [7, 11) is 0. The van der Waals surface area contributed by atoms with E-state index in [-0.39, 0.29) is 25.0 Å². The average Bonchev–Trinajstić information content (AvgIpc) is 2.77. The highest BCUT2D eigenvalue weighted by Gasteiger charge is 2.26. The van der Waals surface area contributed by atoms with E-state index < -0.39 is 0 Å². The van der Waals surface area contributed by atoms with Gasteiger partial charge < -0.3 is 19.7 Å². The largest absolute Gasteiger partial charge is 0.483 e. The number of carbonyl (C=O) groups excluding carboxylic acids is 2. The zero-order valence-electron chi connectivity index (χ0n) is 17.6. The maximum absolute atomic E-state index is 12.5. The molecular formula is C25H24N2O4. The van der Waals surface area contributed by atoms with Crippen LogP contribution in [-0.2, 0) is 16.1 Å². The SMILES string of the molecule is Cc1cccc(OCC(=O)Nc2ccc3c(c2)N(Cc2ccccc2)C(=O)CO3)c1C. The molecule has 1 heterocycles. The van der Waals surface area contributed by atoms with Crippen LogP contribution in [0.5, 0.6) is 11.5 Å². The van der Waals surface area contributed by atoms with Crippen LogP contribution in [0.25, 0.3) is 0 Å². The molecule has 0 fully saturated rings. The molecule has 0 radical (unpaired) electrons. The van der Waals surface area contributed by atoms with E-state index >= 15 is 0 Å². The molecule has 1 N–H and O–H groups in total. The van der Waals surface area contributed by atoms with Gasteiger partial charge in [-0.2, -0.15) is 0 Å². The van der Waals surface area contributed by atoms with Crippen molar-refractivity contribution in [3.8, 4) is 11.5 Å². The number of hydrogen-bond donors (Lipinski definition) is 1. The maximum atomic E-state index is 12.5. The molecule has 0 saturated carbocycles. The second-order valence-electron chi connectivity index (χ2n) is 7.47. The monoisotopic (exact) mass is 416 g/mol. The fourth-order valence-corrected chi connectivity index (χ4v) is 3.44. The first kappa shape index (κ1) is 20.5. The minimum Gasteiger partial charge on any atom is -0.483 e. The lowest BCUT2D eigenvalue weighted by molar-refractivity contribution is -0.121. The Morgan fingerprint density at radius 1 is 1.06 bits per heavy atom. The Kier molecular flexibility index (Phi) is 5.89. The second kappa shape index (κ2) is 8.92. The molecular weight excluding hydrogens is 392 g/mol. The van der Waals surface area contributed by atoms with Crippen LogP contribution in [0.1, 0.15) is 16.7 Å². The van der Waals surface area contributed by atoms with Crippen molar-refractivity contribution < 1.29 is 19.1 Å². The number of rotatable bonds is 6. The van der Waals surface area contributed by atoms with Crippen molar-refractivity contribution in [1.82, 2.24) is 0 Å². The van der Waals surface area contributed by atoms with Crippen molar-refractivity contribution in [3.63, 3.8) is 0 Å². The summed E-state index contributed by atoms with van der Waals surface area (Å²) < 4.78 is 11.2. The third-order valence-corrected chi connectivity index (χ3v) is 5.28. The molecule has 158 valence electrons. The number of nitrogens with one attached hydrogen (secondary N) is 1. The zero-order chi connectivity index (χ0) is 21.8. The van der Waals surface area contributed by atoms with Crippen molar-refractivity contribution in [2.75, 3.05) is 23.4 Å². The Morgan fingerprint density at radius 3 is 2.68 bits per heavy atom. The number of amides is 2. The molecule has 0 spiro atoms. The lowest BCUT2D eigenvalue weighted by atomic mass is 10.1. The smallest absolute Gasteiger partial charge is 0.265 e. The van der Waals surface area contributed by atoms with Gasteiger partial charge in [0.05, 0.1) is 12.2 Å². The van der Waals surface area contributed by atoms with Crippen LogP contribution < -0.4 is 19.7 Å². The molecule has 31 heavy (non-hydrogen) atoms. The van der Waals surface area contributed by atoms with E-state index in [1.807, 2.05) is 62.4 Å². The van der Waals surface area contributed by atoms with Crippen LogP contribution >= 0.6 is 0 Å². The highest BCUT2D eigenvalue weighted by molar-refractivity contribution is 5.99. The van der Waals surface area contributed by atoms with E-state index in [2.05, 4.69) is 5.32 Å². The van der Waals surface area contributed by atoms with Gasteiger partial charge in [-0.15, -0.1) is 0 Å². The van der Waals surface area contributed by atoms with E-state index in [1.54, 1.807) is 23.1 Å². The summed E-state index contributed by atoms with van der Waals surface area (Å²) in [6.07, 6.45) is 0. The number of ether oxygens (including phenoxy) is 2. The van der Waals surface area contributed by atoms with Crippen molar-refractivity contribution in [3.05, 3.63) is 83.4 Å². The van der Waals surface area contributed by atoms with Crippen LogP contribution in [0.15, 0.2) is 66.7 Å². The third kappa shape index (κ3) is 4.69. The number of carbonyl (C=O) groups is 2. The van der Waals surface area contributed by atoms with Crippen molar-refractivity contribution in [2.24, 2.45) is 0 Å². The Labute approximate surface area is 181 Å². The van der Waals surface area contributed by atoms with Crippen LogP contribution in [0.2, 0.25) is 0 Å². The lowest BCUT2D eigenvalue weighted by Gasteiger charge is -2.30. The first-order valence-corrected chi connectivity index (χ1v) is 10.1. The quantitative estimate of drug-likeness (QED) is 0.652. The minimum absolute atomic E-state index is 0.00474. The molecule has 0 atom stereocenters. The summed E-state index contributed by atoms with van der Waals surface area (Å²) in [5, 5.41) is 2.84. The van der Waals surface area contributed by atoms with Gasteiger partial charge in [0, 0.05) is 5.69 Å². The number of benzene rings is 3. The first-order valence-electron chi connectivity index (χ1n) is 10.1. The molecule has 1 aliphatic rings. The van der Waals surface area contributed by atoms with Gasteiger partial charge >= 0.3 is 0 Å². The van der Waals surface area contributed by atoms with E-state index in [0.29, 0.717) is 29.4 Å². The number of anilines is 2. The molecule has 2 amide bonds. The number of hydrogen-bond acceptors (Lipinski definition) is 4. The van der Waals surface area contributed by atoms with Gasteiger partial charge in [0.15, 0.2) is 13.2 Å². The summed E-state index contributed by atoms with van der Waals surface area (Å²) in [6.45, 7) is 4.28. The molecule has 0 aliphatic carbocycles. The molecule has 6 heteroatoms. The molecule has 3 aromatic rings. The summed E-state index contributed by atoms with van der Waals surface area (Å²) in [5.41, 5.74) is 4.34. The van der Waals surface area contributed by atoms with Crippen molar-refractivity contribution >= 4 is 23.2 Å².